The molecular weight excluding hydrogens is 314 g/mol. The number of aromatic nitrogens is 2. The molecule has 0 bridgehead atoms. The number of carbonyl (C=O) groups is 1. The number of amides is 1. The summed E-state index contributed by atoms with van der Waals surface area (Å²) in [5.41, 5.74) is 2.51. The van der Waals surface area contributed by atoms with Crippen LogP contribution in [-0.2, 0) is 17.8 Å². The highest BCUT2D eigenvalue weighted by molar-refractivity contribution is 7.15. The third kappa shape index (κ3) is 3.34. The average Bonchev–Trinajstić information content (AvgIpc) is 3.22. The second kappa shape index (κ2) is 6.37. The molecule has 0 atom stereocenters. The number of nitrogens with one attached hydrogen (secondary N) is 1. The van der Waals surface area contributed by atoms with E-state index in [9.17, 15) is 4.79 Å². The van der Waals surface area contributed by atoms with E-state index in [2.05, 4.69) is 15.5 Å². The van der Waals surface area contributed by atoms with Crippen LogP contribution in [-0.4, -0.2) is 16.0 Å². The monoisotopic (exact) mass is 331 g/mol. The normalized spacial score (nSPS) is 10.9. The van der Waals surface area contributed by atoms with E-state index in [-0.39, 0.29) is 12.3 Å². The molecule has 3 rings (SSSR count). The maximum atomic E-state index is 12.1. The van der Waals surface area contributed by atoms with Crippen LogP contribution < -0.4 is 5.32 Å². The van der Waals surface area contributed by atoms with Crippen molar-refractivity contribution in [1.82, 2.24) is 15.5 Å². The van der Waals surface area contributed by atoms with Crippen molar-refractivity contribution in [2.75, 3.05) is 0 Å². The van der Waals surface area contributed by atoms with Crippen molar-refractivity contribution in [3.8, 4) is 10.8 Å². The van der Waals surface area contributed by atoms with Crippen molar-refractivity contribution in [1.29, 1.82) is 0 Å². The number of rotatable bonds is 5. The second-order valence-electron chi connectivity index (χ2n) is 5.26. The third-order valence-electron chi connectivity index (χ3n) is 3.59. The summed E-state index contributed by atoms with van der Waals surface area (Å²) < 4.78 is 10.4. The smallest absolute Gasteiger partial charge is 0.224 e. The lowest BCUT2D eigenvalue weighted by Gasteiger charge is -2.04. The van der Waals surface area contributed by atoms with Crippen molar-refractivity contribution in [3.05, 3.63) is 46.0 Å². The van der Waals surface area contributed by atoms with Gasteiger partial charge < -0.3 is 14.3 Å². The summed E-state index contributed by atoms with van der Waals surface area (Å²) in [5.74, 6) is 1.37. The van der Waals surface area contributed by atoms with Crippen LogP contribution in [0.5, 0.6) is 0 Å². The Hall–Kier alpha value is -2.41. The lowest BCUT2D eigenvalue weighted by molar-refractivity contribution is -0.120. The highest BCUT2D eigenvalue weighted by Crippen LogP contribution is 2.28. The highest BCUT2D eigenvalue weighted by atomic mass is 32.1. The number of thiazole rings is 1. The van der Waals surface area contributed by atoms with E-state index in [0.29, 0.717) is 12.3 Å². The molecule has 1 amide bonds. The molecule has 0 unspecified atom stereocenters. The van der Waals surface area contributed by atoms with E-state index >= 15 is 0 Å². The van der Waals surface area contributed by atoms with E-state index in [1.54, 1.807) is 6.26 Å². The molecule has 120 valence electrons. The second-order valence-corrected chi connectivity index (χ2v) is 6.34. The number of carbonyl (C=O) groups excluding carboxylic acids is 1. The van der Waals surface area contributed by atoms with Crippen molar-refractivity contribution in [3.63, 3.8) is 0 Å². The van der Waals surface area contributed by atoms with Gasteiger partial charge in [0.05, 0.1) is 30.6 Å². The Morgan fingerprint density at radius 2 is 2.13 bits per heavy atom. The standard InChI is InChI=1S/C16H17N3O3S/c1-9-12(11(3)22-19-9)7-15(20)17-8-14-10(2)18-16(23-14)13-5-4-6-21-13/h4-6H,7-8H2,1-3H3,(H,17,20). The molecule has 0 aliphatic heterocycles. The van der Waals surface area contributed by atoms with Crippen LogP contribution in [0.2, 0.25) is 0 Å². The molecule has 0 aliphatic carbocycles. The molecule has 0 aromatic carbocycles. The zero-order valence-corrected chi connectivity index (χ0v) is 14.0. The highest BCUT2D eigenvalue weighted by Gasteiger charge is 2.15. The fraction of sp³-hybridized carbons (Fsp3) is 0.312. The molecule has 0 radical (unpaired) electrons. The zero-order chi connectivity index (χ0) is 16.4. The van der Waals surface area contributed by atoms with Gasteiger partial charge in [0.25, 0.3) is 0 Å². The van der Waals surface area contributed by atoms with Crippen molar-refractivity contribution >= 4 is 17.2 Å². The molecule has 1 N–H and O–H groups in total. The Kier molecular flexibility index (Phi) is 4.29. The van der Waals surface area contributed by atoms with Crippen LogP contribution in [0.25, 0.3) is 10.8 Å². The van der Waals surface area contributed by atoms with E-state index in [1.807, 2.05) is 32.9 Å². The number of hydrogen-bond donors (Lipinski definition) is 1. The predicted molar refractivity (Wildman–Crippen MR) is 86.1 cm³/mol. The van der Waals surface area contributed by atoms with Gasteiger partial charge in [0.15, 0.2) is 10.8 Å². The molecule has 0 fully saturated rings. The predicted octanol–water partition coefficient (Wildman–Crippen LogP) is 3.18. The molecule has 23 heavy (non-hydrogen) atoms. The average molecular weight is 331 g/mol. The summed E-state index contributed by atoms with van der Waals surface area (Å²) in [4.78, 5) is 17.6. The lowest BCUT2D eigenvalue weighted by Crippen LogP contribution is -2.24. The van der Waals surface area contributed by atoms with Crippen LogP contribution in [0.3, 0.4) is 0 Å². The Labute approximate surface area is 137 Å². The van der Waals surface area contributed by atoms with Gasteiger partial charge in [-0.3, -0.25) is 4.79 Å². The van der Waals surface area contributed by atoms with E-state index in [0.717, 1.165) is 32.6 Å². The first-order valence-corrected chi connectivity index (χ1v) is 8.05. The SMILES string of the molecule is Cc1nc(-c2ccco2)sc1CNC(=O)Cc1c(C)noc1C. The van der Waals surface area contributed by atoms with E-state index in [1.165, 1.54) is 11.3 Å². The van der Waals surface area contributed by atoms with E-state index < -0.39 is 0 Å². The van der Waals surface area contributed by atoms with Gasteiger partial charge in [-0.1, -0.05) is 5.16 Å². The van der Waals surface area contributed by atoms with Gasteiger partial charge in [-0.15, -0.1) is 11.3 Å². The van der Waals surface area contributed by atoms with Crippen LogP contribution in [0.15, 0.2) is 27.3 Å². The molecule has 3 aromatic rings. The topological polar surface area (TPSA) is 81.2 Å². The summed E-state index contributed by atoms with van der Waals surface area (Å²) in [7, 11) is 0. The molecular formula is C16H17N3O3S. The van der Waals surface area contributed by atoms with Crippen molar-refractivity contribution < 1.29 is 13.7 Å². The minimum Gasteiger partial charge on any atom is -0.462 e. The molecule has 0 spiro atoms. The van der Waals surface area contributed by atoms with Gasteiger partial charge >= 0.3 is 0 Å². The first-order valence-electron chi connectivity index (χ1n) is 7.23. The largest absolute Gasteiger partial charge is 0.462 e. The Balaban J connectivity index is 1.63. The Bertz CT molecular complexity index is 798. The van der Waals surface area contributed by atoms with Gasteiger partial charge in [0.2, 0.25) is 5.91 Å². The maximum Gasteiger partial charge on any atom is 0.224 e. The van der Waals surface area contributed by atoms with Crippen LogP contribution in [0.4, 0.5) is 0 Å². The quantitative estimate of drug-likeness (QED) is 0.776. The first-order chi connectivity index (χ1) is 11.0. The van der Waals surface area contributed by atoms with E-state index in [4.69, 9.17) is 8.94 Å². The Morgan fingerprint density at radius 1 is 1.30 bits per heavy atom. The number of aryl methyl sites for hydroxylation is 3. The van der Waals surface area contributed by atoms with Crippen molar-refractivity contribution in [2.24, 2.45) is 0 Å². The van der Waals surface area contributed by atoms with Crippen LogP contribution in [0, 0.1) is 20.8 Å². The minimum absolute atomic E-state index is 0.0632. The molecule has 3 aromatic heterocycles. The summed E-state index contributed by atoms with van der Waals surface area (Å²) in [6, 6.07) is 3.70. The van der Waals surface area contributed by atoms with Gasteiger partial charge in [-0.05, 0) is 32.9 Å². The molecule has 0 saturated carbocycles. The number of nitrogens with zero attached hydrogens (tertiary/aromatic N) is 2. The third-order valence-corrected chi connectivity index (χ3v) is 4.76. The van der Waals surface area contributed by atoms with Gasteiger partial charge in [0, 0.05) is 10.4 Å². The minimum atomic E-state index is -0.0632. The lowest BCUT2D eigenvalue weighted by atomic mass is 10.1. The van der Waals surface area contributed by atoms with Crippen molar-refractivity contribution in [2.45, 2.75) is 33.7 Å². The van der Waals surface area contributed by atoms with Gasteiger partial charge in [0.1, 0.15) is 5.76 Å². The summed E-state index contributed by atoms with van der Waals surface area (Å²) in [6.07, 6.45) is 1.89. The fourth-order valence-corrected chi connectivity index (χ4v) is 3.22. The molecule has 3 heterocycles. The summed E-state index contributed by atoms with van der Waals surface area (Å²) >= 11 is 1.52. The maximum absolute atomic E-state index is 12.1. The first kappa shape index (κ1) is 15.5. The Morgan fingerprint density at radius 3 is 2.78 bits per heavy atom. The molecule has 0 saturated heterocycles. The van der Waals surface area contributed by atoms with Gasteiger partial charge in [-0.25, -0.2) is 4.98 Å². The molecule has 0 aliphatic rings. The summed E-state index contributed by atoms with van der Waals surface area (Å²) in [5, 5.41) is 7.60. The van der Waals surface area contributed by atoms with Crippen LogP contribution in [0.1, 0.15) is 27.6 Å². The van der Waals surface area contributed by atoms with Gasteiger partial charge in [-0.2, -0.15) is 0 Å². The summed E-state index contributed by atoms with van der Waals surface area (Å²) in [6.45, 7) is 6.03. The zero-order valence-electron chi connectivity index (χ0n) is 13.2. The number of furan rings is 1. The number of hydrogen-bond acceptors (Lipinski definition) is 6. The molecule has 7 heteroatoms. The van der Waals surface area contributed by atoms with Crippen LogP contribution >= 0.6 is 11.3 Å². The fourth-order valence-electron chi connectivity index (χ4n) is 2.25. The molecule has 6 nitrogen and oxygen atoms in total.